The Hall–Kier alpha value is -3.04. The third kappa shape index (κ3) is 3.54. The van der Waals surface area contributed by atoms with E-state index in [0.717, 1.165) is 21.7 Å². The first-order chi connectivity index (χ1) is 13.5. The summed E-state index contributed by atoms with van der Waals surface area (Å²) in [4.78, 5) is 33.6. The third-order valence-corrected chi connectivity index (χ3v) is 5.66. The van der Waals surface area contributed by atoms with Gasteiger partial charge in [0.25, 0.3) is 11.2 Å². The Bertz CT molecular complexity index is 1080. The molecule has 3 heterocycles. The molecule has 4 rings (SSSR count). The smallest absolute Gasteiger partial charge is 0.273 e. The van der Waals surface area contributed by atoms with E-state index in [0.29, 0.717) is 37.6 Å². The van der Waals surface area contributed by atoms with Crippen LogP contribution in [0.2, 0.25) is 0 Å². The van der Waals surface area contributed by atoms with Crippen LogP contribution in [-0.4, -0.2) is 33.4 Å². The van der Waals surface area contributed by atoms with Crippen molar-refractivity contribution in [1.29, 1.82) is 0 Å². The second-order valence-corrected chi connectivity index (χ2v) is 7.48. The van der Waals surface area contributed by atoms with Crippen LogP contribution in [0, 0.1) is 10.1 Å². The van der Waals surface area contributed by atoms with Crippen LogP contribution in [0.5, 0.6) is 5.75 Å². The molecule has 1 N–H and O–H groups in total. The highest BCUT2D eigenvalue weighted by Gasteiger charge is 2.23. The number of hydrogen-bond donors (Lipinski definition) is 1. The van der Waals surface area contributed by atoms with E-state index in [1.807, 2.05) is 17.5 Å². The molecule has 0 fully saturated rings. The van der Waals surface area contributed by atoms with E-state index in [2.05, 4.69) is 14.9 Å². The van der Waals surface area contributed by atoms with Gasteiger partial charge < -0.3 is 9.72 Å². The molecule has 0 saturated carbocycles. The van der Waals surface area contributed by atoms with Crippen molar-refractivity contribution in [2.75, 3.05) is 13.7 Å². The molecule has 144 valence electrons. The number of fused-ring (bicyclic) bond motifs is 1. The van der Waals surface area contributed by atoms with E-state index in [1.165, 1.54) is 30.6 Å². The zero-order valence-corrected chi connectivity index (χ0v) is 16.0. The molecule has 1 aliphatic rings. The number of nitro groups is 1. The number of aromatic nitrogens is 2. The summed E-state index contributed by atoms with van der Waals surface area (Å²) in [5.74, 6) is 1.08. The van der Waals surface area contributed by atoms with Gasteiger partial charge in [-0.05, 0) is 23.9 Å². The fraction of sp³-hybridized carbons (Fsp3) is 0.263. The monoisotopic (exact) mass is 398 g/mol. The molecule has 1 aliphatic heterocycles. The maximum atomic E-state index is 12.5. The van der Waals surface area contributed by atoms with E-state index < -0.39 is 4.92 Å². The zero-order valence-electron chi connectivity index (χ0n) is 15.2. The first kappa shape index (κ1) is 18.3. The molecule has 9 heteroatoms. The highest BCUT2D eigenvalue weighted by atomic mass is 32.1. The van der Waals surface area contributed by atoms with Gasteiger partial charge in [0.15, 0.2) is 5.82 Å². The number of methoxy groups -OCH3 is 1. The average Bonchev–Trinajstić information content (AvgIpc) is 3.22. The first-order valence-electron chi connectivity index (χ1n) is 8.75. The van der Waals surface area contributed by atoms with Gasteiger partial charge in [0.1, 0.15) is 5.75 Å². The lowest BCUT2D eigenvalue weighted by atomic mass is 10.0. The molecule has 1 aromatic carbocycles. The van der Waals surface area contributed by atoms with E-state index in [1.54, 1.807) is 6.07 Å². The summed E-state index contributed by atoms with van der Waals surface area (Å²) in [6, 6.07) is 8.48. The van der Waals surface area contributed by atoms with Crippen molar-refractivity contribution >= 4 is 17.0 Å². The van der Waals surface area contributed by atoms with Gasteiger partial charge in [0.05, 0.1) is 28.7 Å². The number of nitrogens with zero attached hydrogens (tertiary/aromatic N) is 3. The van der Waals surface area contributed by atoms with Crippen molar-refractivity contribution in [2.45, 2.75) is 19.5 Å². The number of nitro benzene ring substituents is 1. The summed E-state index contributed by atoms with van der Waals surface area (Å²) in [5.41, 5.74) is 2.28. The minimum atomic E-state index is -0.439. The zero-order chi connectivity index (χ0) is 19.7. The number of thiophene rings is 1. The summed E-state index contributed by atoms with van der Waals surface area (Å²) >= 11 is 1.53. The Morgan fingerprint density at radius 1 is 1.39 bits per heavy atom. The average molecular weight is 398 g/mol. The van der Waals surface area contributed by atoms with Gasteiger partial charge in [-0.3, -0.25) is 19.8 Å². The normalized spacial score (nSPS) is 13.9. The minimum absolute atomic E-state index is 0.00150. The summed E-state index contributed by atoms with van der Waals surface area (Å²) in [6.45, 7) is 1.80. The van der Waals surface area contributed by atoms with Crippen molar-refractivity contribution in [1.82, 2.24) is 14.9 Å². The van der Waals surface area contributed by atoms with Crippen molar-refractivity contribution in [3.8, 4) is 16.5 Å². The summed E-state index contributed by atoms with van der Waals surface area (Å²) in [6.07, 6.45) is 0.609. The lowest BCUT2D eigenvalue weighted by Gasteiger charge is -2.28. The van der Waals surface area contributed by atoms with Crippen LogP contribution in [0.4, 0.5) is 5.69 Å². The van der Waals surface area contributed by atoms with Gasteiger partial charge in [-0.2, -0.15) is 0 Å². The molecule has 0 unspecified atom stereocenters. The third-order valence-electron chi connectivity index (χ3n) is 4.78. The van der Waals surface area contributed by atoms with Crippen LogP contribution in [0.15, 0.2) is 40.5 Å². The molecule has 0 amide bonds. The Morgan fingerprint density at radius 2 is 2.25 bits per heavy atom. The Kier molecular flexibility index (Phi) is 4.93. The Balaban J connectivity index is 1.59. The number of non-ortho nitro benzene ring substituents is 1. The first-order valence-corrected chi connectivity index (χ1v) is 9.62. The molecular formula is C19H18N4O4S. The number of H-pyrrole nitrogens is 1. The van der Waals surface area contributed by atoms with Gasteiger partial charge in [-0.25, -0.2) is 4.98 Å². The lowest BCUT2D eigenvalue weighted by molar-refractivity contribution is -0.384. The Morgan fingerprint density at radius 3 is 2.96 bits per heavy atom. The van der Waals surface area contributed by atoms with Gasteiger partial charge in [-0.15, -0.1) is 11.3 Å². The van der Waals surface area contributed by atoms with Gasteiger partial charge >= 0.3 is 0 Å². The highest BCUT2D eigenvalue weighted by molar-refractivity contribution is 7.13. The lowest BCUT2D eigenvalue weighted by Crippen LogP contribution is -2.35. The van der Waals surface area contributed by atoms with Crippen molar-refractivity contribution in [3.63, 3.8) is 0 Å². The highest BCUT2D eigenvalue weighted by Crippen LogP contribution is 2.28. The maximum absolute atomic E-state index is 12.5. The molecule has 0 saturated heterocycles. The number of aromatic amines is 1. The van der Waals surface area contributed by atoms with E-state index in [-0.39, 0.29) is 11.2 Å². The van der Waals surface area contributed by atoms with Crippen LogP contribution in [-0.2, 0) is 19.5 Å². The van der Waals surface area contributed by atoms with Crippen LogP contribution < -0.4 is 10.3 Å². The Labute approximate surface area is 164 Å². The van der Waals surface area contributed by atoms with Gasteiger partial charge in [0.2, 0.25) is 0 Å². The van der Waals surface area contributed by atoms with Crippen molar-refractivity contribution < 1.29 is 9.66 Å². The van der Waals surface area contributed by atoms with Crippen LogP contribution in [0.25, 0.3) is 10.7 Å². The molecule has 0 spiro atoms. The molecule has 0 atom stereocenters. The number of ether oxygens (including phenoxy) is 1. The standard InChI is InChI=1S/C19H18N4O4S/c1-27-16-9-13(23(25)26)5-4-12(16)10-22-7-6-14-15(11-22)20-18(21-19(14)24)17-3-2-8-28-17/h2-5,8-9H,6-7,10-11H2,1H3,(H,20,21,24). The summed E-state index contributed by atoms with van der Waals surface area (Å²) < 4.78 is 5.33. The molecule has 28 heavy (non-hydrogen) atoms. The maximum Gasteiger partial charge on any atom is 0.273 e. The minimum Gasteiger partial charge on any atom is -0.496 e. The fourth-order valence-electron chi connectivity index (χ4n) is 3.38. The number of hydrogen-bond acceptors (Lipinski definition) is 7. The molecule has 0 radical (unpaired) electrons. The SMILES string of the molecule is COc1cc([N+](=O)[O-])ccc1CN1CCc2c(nc(-c3cccs3)[nH]c2=O)C1. The molecule has 0 bridgehead atoms. The quantitative estimate of drug-likeness (QED) is 0.524. The van der Waals surface area contributed by atoms with Crippen LogP contribution >= 0.6 is 11.3 Å². The van der Waals surface area contributed by atoms with E-state index >= 15 is 0 Å². The van der Waals surface area contributed by atoms with Crippen LogP contribution in [0.3, 0.4) is 0 Å². The largest absolute Gasteiger partial charge is 0.496 e. The summed E-state index contributed by atoms with van der Waals surface area (Å²) in [5, 5.41) is 12.9. The van der Waals surface area contributed by atoms with Crippen LogP contribution in [0.1, 0.15) is 16.8 Å². The second-order valence-electron chi connectivity index (χ2n) is 6.53. The number of rotatable bonds is 5. The summed E-state index contributed by atoms with van der Waals surface area (Å²) in [7, 11) is 1.50. The van der Waals surface area contributed by atoms with E-state index in [4.69, 9.17) is 4.74 Å². The van der Waals surface area contributed by atoms with E-state index in [9.17, 15) is 14.9 Å². The van der Waals surface area contributed by atoms with Gasteiger partial charge in [-0.1, -0.05) is 6.07 Å². The molecule has 8 nitrogen and oxygen atoms in total. The molecule has 2 aromatic heterocycles. The second kappa shape index (κ2) is 7.53. The van der Waals surface area contributed by atoms with Crippen molar-refractivity contribution in [2.24, 2.45) is 0 Å². The van der Waals surface area contributed by atoms with Crippen molar-refractivity contribution in [3.05, 3.63) is 73.0 Å². The predicted molar refractivity (Wildman–Crippen MR) is 106 cm³/mol. The van der Waals surface area contributed by atoms with Gasteiger partial charge in [0, 0.05) is 36.8 Å². The molecular weight excluding hydrogens is 380 g/mol. The topological polar surface area (TPSA) is 101 Å². The molecule has 0 aliphatic carbocycles. The number of nitrogens with one attached hydrogen (secondary N) is 1. The fourth-order valence-corrected chi connectivity index (χ4v) is 4.05. The number of benzene rings is 1. The molecule has 3 aromatic rings. The predicted octanol–water partition coefficient (Wildman–Crippen LogP) is 2.97.